The van der Waals surface area contributed by atoms with Crippen molar-refractivity contribution >= 4 is 5.97 Å². The van der Waals surface area contributed by atoms with Crippen LogP contribution in [0.1, 0.15) is 25.6 Å². The predicted octanol–water partition coefficient (Wildman–Crippen LogP) is 0.190. The van der Waals surface area contributed by atoms with Gasteiger partial charge in [-0.3, -0.25) is 9.89 Å². The Morgan fingerprint density at radius 2 is 2.53 bits per heavy atom. The standard InChI is InChI=1S/C9H16N4O2/c1-2-7(9(14)15)10-5-3-4-8-11-6-12-13-8/h6-7,10H,2-5H2,1H3,(H,14,15)(H,11,12,13). The fraction of sp³-hybridized carbons (Fsp3) is 0.667. The molecule has 84 valence electrons. The average molecular weight is 212 g/mol. The second-order valence-electron chi connectivity index (χ2n) is 3.29. The number of rotatable bonds is 7. The Balaban J connectivity index is 2.13. The lowest BCUT2D eigenvalue weighted by Gasteiger charge is -2.11. The van der Waals surface area contributed by atoms with Crippen LogP contribution in [0.4, 0.5) is 0 Å². The van der Waals surface area contributed by atoms with Crippen molar-refractivity contribution in [3.63, 3.8) is 0 Å². The van der Waals surface area contributed by atoms with Crippen molar-refractivity contribution in [2.75, 3.05) is 6.54 Å². The molecule has 0 aliphatic heterocycles. The van der Waals surface area contributed by atoms with Crippen LogP contribution in [-0.2, 0) is 11.2 Å². The highest BCUT2D eigenvalue weighted by molar-refractivity contribution is 5.73. The third-order valence-corrected chi connectivity index (χ3v) is 2.15. The smallest absolute Gasteiger partial charge is 0.320 e. The molecule has 0 radical (unpaired) electrons. The van der Waals surface area contributed by atoms with E-state index in [1.54, 1.807) is 0 Å². The first-order valence-electron chi connectivity index (χ1n) is 5.04. The first-order chi connectivity index (χ1) is 7.24. The van der Waals surface area contributed by atoms with Gasteiger partial charge in [0.25, 0.3) is 0 Å². The van der Waals surface area contributed by atoms with Crippen molar-refractivity contribution in [2.24, 2.45) is 0 Å². The minimum Gasteiger partial charge on any atom is -0.480 e. The highest BCUT2D eigenvalue weighted by Crippen LogP contribution is 1.94. The van der Waals surface area contributed by atoms with Crippen LogP contribution in [0.25, 0.3) is 0 Å². The van der Waals surface area contributed by atoms with Crippen molar-refractivity contribution in [1.82, 2.24) is 20.5 Å². The Morgan fingerprint density at radius 1 is 1.73 bits per heavy atom. The quantitative estimate of drug-likeness (QED) is 0.561. The third-order valence-electron chi connectivity index (χ3n) is 2.15. The largest absolute Gasteiger partial charge is 0.480 e. The van der Waals surface area contributed by atoms with E-state index in [-0.39, 0.29) is 0 Å². The lowest BCUT2D eigenvalue weighted by molar-refractivity contribution is -0.139. The van der Waals surface area contributed by atoms with Crippen molar-refractivity contribution < 1.29 is 9.90 Å². The van der Waals surface area contributed by atoms with Crippen molar-refractivity contribution in [3.8, 4) is 0 Å². The van der Waals surface area contributed by atoms with Crippen molar-refractivity contribution in [2.45, 2.75) is 32.2 Å². The number of nitrogens with one attached hydrogen (secondary N) is 2. The molecule has 0 spiro atoms. The molecule has 1 unspecified atom stereocenters. The molecular weight excluding hydrogens is 196 g/mol. The Labute approximate surface area is 88.1 Å². The normalized spacial score (nSPS) is 12.6. The summed E-state index contributed by atoms with van der Waals surface area (Å²) in [6.07, 6.45) is 3.69. The zero-order chi connectivity index (χ0) is 11.1. The van der Waals surface area contributed by atoms with Crippen LogP contribution in [0.2, 0.25) is 0 Å². The second kappa shape index (κ2) is 6.13. The van der Waals surface area contributed by atoms with E-state index in [4.69, 9.17) is 5.11 Å². The van der Waals surface area contributed by atoms with E-state index in [1.165, 1.54) is 6.33 Å². The number of hydrogen-bond acceptors (Lipinski definition) is 4. The number of aromatic amines is 1. The third kappa shape index (κ3) is 4.07. The van der Waals surface area contributed by atoms with E-state index in [2.05, 4.69) is 20.5 Å². The van der Waals surface area contributed by atoms with Gasteiger partial charge in [0.2, 0.25) is 0 Å². The maximum Gasteiger partial charge on any atom is 0.320 e. The Hall–Kier alpha value is -1.43. The molecule has 0 aliphatic carbocycles. The average Bonchev–Trinajstić information content (AvgIpc) is 2.70. The van der Waals surface area contributed by atoms with Gasteiger partial charge in [-0.25, -0.2) is 4.98 Å². The summed E-state index contributed by atoms with van der Waals surface area (Å²) in [5.74, 6) is 0.0392. The summed E-state index contributed by atoms with van der Waals surface area (Å²) in [5, 5.41) is 18.2. The second-order valence-corrected chi connectivity index (χ2v) is 3.29. The maximum absolute atomic E-state index is 10.7. The summed E-state index contributed by atoms with van der Waals surface area (Å²) in [6.45, 7) is 2.52. The number of aliphatic carboxylic acids is 1. The fourth-order valence-corrected chi connectivity index (χ4v) is 1.29. The predicted molar refractivity (Wildman–Crippen MR) is 54.4 cm³/mol. The summed E-state index contributed by atoms with van der Waals surface area (Å²) in [6, 6.07) is -0.445. The molecular formula is C9H16N4O2. The van der Waals surface area contributed by atoms with Gasteiger partial charge in [0.15, 0.2) is 0 Å². The molecule has 1 atom stereocenters. The van der Waals surface area contributed by atoms with E-state index in [9.17, 15) is 4.79 Å². The number of H-pyrrole nitrogens is 1. The summed E-state index contributed by atoms with van der Waals surface area (Å²) < 4.78 is 0. The molecule has 1 heterocycles. The van der Waals surface area contributed by atoms with Crippen LogP contribution < -0.4 is 5.32 Å². The zero-order valence-electron chi connectivity index (χ0n) is 8.73. The van der Waals surface area contributed by atoms with Gasteiger partial charge >= 0.3 is 5.97 Å². The molecule has 0 amide bonds. The van der Waals surface area contributed by atoms with Crippen LogP contribution >= 0.6 is 0 Å². The van der Waals surface area contributed by atoms with Crippen molar-refractivity contribution in [3.05, 3.63) is 12.2 Å². The van der Waals surface area contributed by atoms with Crippen LogP contribution in [-0.4, -0.2) is 38.8 Å². The summed E-state index contributed by atoms with van der Waals surface area (Å²) in [5.41, 5.74) is 0. The summed E-state index contributed by atoms with van der Waals surface area (Å²) in [7, 11) is 0. The maximum atomic E-state index is 10.7. The molecule has 0 saturated carbocycles. The summed E-state index contributed by atoms with van der Waals surface area (Å²) >= 11 is 0. The number of nitrogens with zero attached hydrogens (tertiary/aromatic N) is 2. The van der Waals surface area contributed by atoms with Gasteiger partial charge in [0.1, 0.15) is 18.2 Å². The number of aromatic nitrogens is 3. The molecule has 0 bridgehead atoms. The van der Waals surface area contributed by atoms with Crippen molar-refractivity contribution in [1.29, 1.82) is 0 Å². The highest BCUT2D eigenvalue weighted by atomic mass is 16.4. The van der Waals surface area contributed by atoms with E-state index >= 15 is 0 Å². The molecule has 0 aromatic carbocycles. The molecule has 6 nitrogen and oxygen atoms in total. The van der Waals surface area contributed by atoms with Gasteiger partial charge in [-0.05, 0) is 19.4 Å². The van der Waals surface area contributed by atoms with Gasteiger partial charge in [-0.1, -0.05) is 6.92 Å². The molecule has 0 saturated heterocycles. The monoisotopic (exact) mass is 212 g/mol. The zero-order valence-corrected chi connectivity index (χ0v) is 8.73. The molecule has 0 aliphatic rings. The molecule has 1 rings (SSSR count). The molecule has 15 heavy (non-hydrogen) atoms. The lowest BCUT2D eigenvalue weighted by Crippen LogP contribution is -2.36. The number of hydrogen-bond donors (Lipinski definition) is 3. The Morgan fingerprint density at radius 3 is 3.07 bits per heavy atom. The van der Waals surface area contributed by atoms with Gasteiger partial charge in [0.05, 0.1) is 0 Å². The van der Waals surface area contributed by atoms with Gasteiger partial charge in [-0.15, -0.1) is 0 Å². The minimum atomic E-state index is -0.794. The molecule has 3 N–H and O–H groups in total. The van der Waals surface area contributed by atoms with Gasteiger partial charge in [0, 0.05) is 6.42 Å². The molecule has 0 fully saturated rings. The van der Waals surface area contributed by atoms with E-state index in [1.807, 2.05) is 6.92 Å². The molecule has 6 heteroatoms. The van der Waals surface area contributed by atoms with Crippen LogP contribution in [0.5, 0.6) is 0 Å². The number of aryl methyl sites for hydroxylation is 1. The highest BCUT2D eigenvalue weighted by Gasteiger charge is 2.12. The first kappa shape index (κ1) is 11.6. The SMILES string of the molecule is CCC(NCCCc1ncn[nH]1)C(=O)O. The van der Waals surface area contributed by atoms with E-state index < -0.39 is 12.0 Å². The Bertz CT molecular complexity index is 286. The van der Waals surface area contributed by atoms with Gasteiger partial charge in [-0.2, -0.15) is 5.10 Å². The van der Waals surface area contributed by atoms with Gasteiger partial charge < -0.3 is 10.4 Å². The van der Waals surface area contributed by atoms with E-state index in [0.717, 1.165) is 18.7 Å². The molecule has 1 aromatic rings. The minimum absolute atomic E-state index is 0.445. The number of carbonyl (C=O) groups is 1. The van der Waals surface area contributed by atoms with Crippen LogP contribution in [0.3, 0.4) is 0 Å². The fourth-order valence-electron chi connectivity index (χ4n) is 1.29. The van der Waals surface area contributed by atoms with E-state index in [0.29, 0.717) is 13.0 Å². The van der Waals surface area contributed by atoms with Crippen LogP contribution in [0.15, 0.2) is 6.33 Å². The first-order valence-corrected chi connectivity index (χ1v) is 5.04. The number of carboxylic acid groups (broad SMARTS) is 1. The Kier molecular flexibility index (Phi) is 4.76. The number of carboxylic acids is 1. The molecule has 1 aromatic heterocycles. The lowest BCUT2D eigenvalue weighted by atomic mass is 10.2. The summed E-state index contributed by atoms with van der Waals surface area (Å²) in [4.78, 5) is 14.6. The van der Waals surface area contributed by atoms with Crippen LogP contribution in [0, 0.1) is 0 Å². The topological polar surface area (TPSA) is 90.9 Å².